The molecule has 2 atom stereocenters. The molecule has 0 aromatic heterocycles. The zero-order chi connectivity index (χ0) is 24.1. The second kappa shape index (κ2) is 10.7. The zero-order valence-electron chi connectivity index (χ0n) is 20.6. The van der Waals surface area contributed by atoms with E-state index in [1.165, 1.54) is 0 Å². The number of methoxy groups -OCH3 is 2. The highest BCUT2D eigenvalue weighted by atomic mass is 16.5. The predicted molar refractivity (Wildman–Crippen MR) is 129 cm³/mol. The third-order valence-electron chi connectivity index (χ3n) is 6.17. The lowest BCUT2D eigenvalue weighted by Crippen LogP contribution is -2.65. The lowest BCUT2D eigenvalue weighted by Gasteiger charge is -2.47. The standard InChI is InChI=1S/C27H36N2O4/c1-18(2)15-24-26(30)29(17-21-9-13-23(33-6)14-10-21)25(19(3)4)27(31)28(24)16-20-7-11-22(32-5)12-8-20/h7-14,18-19,24-25H,15-17H2,1-6H3/t24-,25-/m0/s1. The van der Waals surface area contributed by atoms with Gasteiger partial charge in [-0.1, -0.05) is 52.0 Å². The molecule has 0 spiro atoms. The van der Waals surface area contributed by atoms with Crippen molar-refractivity contribution in [1.29, 1.82) is 0 Å². The lowest BCUT2D eigenvalue weighted by molar-refractivity contribution is -0.166. The molecule has 1 saturated heterocycles. The predicted octanol–water partition coefficient (Wildman–Crippen LogP) is 4.51. The zero-order valence-corrected chi connectivity index (χ0v) is 20.6. The number of ether oxygens (including phenoxy) is 2. The maximum Gasteiger partial charge on any atom is 0.246 e. The second-order valence-corrected chi connectivity index (χ2v) is 9.46. The Morgan fingerprint density at radius 3 is 1.58 bits per heavy atom. The van der Waals surface area contributed by atoms with E-state index in [0.717, 1.165) is 22.6 Å². The Morgan fingerprint density at radius 1 is 0.727 bits per heavy atom. The van der Waals surface area contributed by atoms with Crippen LogP contribution in [-0.4, -0.2) is 47.9 Å². The first-order valence-electron chi connectivity index (χ1n) is 11.6. The molecule has 0 unspecified atom stereocenters. The molecule has 0 saturated carbocycles. The number of carbonyl (C=O) groups is 2. The molecule has 2 aromatic rings. The first-order chi connectivity index (χ1) is 15.7. The largest absolute Gasteiger partial charge is 0.497 e. The van der Waals surface area contributed by atoms with Crippen LogP contribution in [0.3, 0.4) is 0 Å². The van der Waals surface area contributed by atoms with Crippen LogP contribution in [-0.2, 0) is 22.7 Å². The molecule has 1 heterocycles. The molecular formula is C27H36N2O4. The van der Waals surface area contributed by atoms with Crippen molar-refractivity contribution in [2.75, 3.05) is 14.2 Å². The minimum Gasteiger partial charge on any atom is -0.497 e. The number of hydrogen-bond acceptors (Lipinski definition) is 4. The summed E-state index contributed by atoms with van der Waals surface area (Å²) in [5.74, 6) is 1.85. The van der Waals surface area contributed by atoms with Crippen molar-refractivity contribution in [1.82, 2.24) is 9.80 Å². The molecule has 2 aromatic carbocycles. The van der Waals surface area contributed by atoms with Crippen molar-refractivity contribution in [3.63, 3.8) is 0 Å². The summed E-state index contributed by atoms with van der Waals surface area (Å²) in [7, 11) is 3.26. The Labute approximate surface area is 197 Å². The summed E-state index contributed by atoms with van der Waals surface area (Å²) in [5, 5.41) is 0. The van der Waals surface area contributed by atoms with Crippen LogP contribution in [0.15, 0.2) is 48.5 Å². The van der Waals surface area contributed by atoms with Crippen LogP contribution >= 0.6 is 0 Å². The SMILES string of the molecule is COc1ccc(CN2C(=O)[C@H](CC(C)C)N(Cc3ccc(OC)cc3)C(=O)[C@@H]2C(C)C)cc1. The number of benzene rings is 2. The van der Waals surface area contributed by atoms with Crippen LogP contribution in [0.4, 0.5) is 0 Å². The van der Waals surface area contributed by atoms with Gasteiger partial charge in [-0.05, 0) is 53.6 Å². The van der Waals surface area contributed by atoms with Gasteiger partial charge in [0.15, 0.2) is 0 Å². The monoisotopic (exact) mass is 452 g/mol. The normalized spacial score (nSPS) is 18.9. The van der Waals surface area contributed by atoms with E-state index in [4.69, 9.17) is 9.47 Å². The average molecular weight is 453 g/mol. The summed E-state index contributed by atoms with van der Waals surface area (Å²) in [5.41, 5.74) is 1.96. The highest BCUT2D eigenvalue weighted by Crippen LogP contribution is 2.30. The molecule has 0 radical (unpaired) electrons. The van der Waals surface area contributed by atoms with Gasteiger partial charge in [0.25, 0.3) is 0 Å². The highest BCUT2D eigenvalue weighted by Gasteiger charge is 2.46. The van der Waals surface area contributed by atoms with Crippen molar-refractivity contribution >= 4 is 11.8 Å². The molecular weight excluding hydrogens is 416 g/mol. The first kappa shape index (κ1) is 24.6. The van der Waals surface area contributed by atoms with Crippen LogP contribution in [0.5, 0.6) is 11.5 Å². The van der Waals surface area contributed by atoms with Crippen molar-refractivity contribution < 1.29 is 19.1 Å². The van der Waals surface area contributed by atoms with Gasteiger partial charge >= 0.3 is 0 Å². The van der Waals surface area contributed by atoms with Gasteiger partial charge in [-0.3, -0.25) is 9.59 Å². The summed E-state index contributed by atoms with van der Waals surface area (Å²) in [6.07, 6.45) is 0.630. The van der Waals surface area contributed by atoms with Crippen molar-refractivity contribution in [2.24, 2.45) is 11.8 Å². The summed E-state index contributed by atoms with van der Waals surface area (Å²) in [6, 6.07) is 14.4. The van der Waals surface area contributed by atoms with Crippen LogP contribution in [0.2, 0.25) is 0 Å². The van der Waals surface area contributed by atoms with Gasteiger partial charge < -0.3 is 19.3 Å². The Balaban J connectivity index is 1.92. The maximum atomic E-state index is 13.8. The quantitative estimate of drug-likeness (QED) is 0.562. The lowest BCUT2D eigenvalue weighted by atomic mass is 9.90. The van der Waals surface area contributed by atoms with Gasteiger partial charge in [0.05, 0.1) is 14.2 Å². The topological polar surface area (TPSA) is 59.1 Å². The molecule has 1 fully saturated rings. The van der Waals surface area contributed by atoms with Gasteiger partial charge in [-0.15, -0.1) is 0 Å². The molecule has 178 valence electrons. The molecule has 0 N–H and O–H groups in total. The van der Waals surface area contributed by atoms with E-state index in [9.17, 15) is 9.59 Å². The number of nitrogens with zero attached hydrogens (tertiary/aromatic N) is 2. The Bertz CT molecular complexity index is 938. The number of amides is 2. The van der Waals surface area contributed by atoms with E-state index in [1.54, 1.807) is 24.0 Å². The van der Waals surface area contributed by atoms with Crippen LogP contribution in [0.25, 0.3) is 0 Å². The van der Waals surface area contributed by atoms with Gasteiger partial charge in [0, 0.05) is 13.1 Å². The fraction of sp³-hybridized carbons (Fsp3) is 0.481. The minimum atomic E-state index is -0.499. The molecule has 3 rings (SSSR count). The first-order valence-corrected chi connectivity index (χ1v) is 11.6. The van der Waals surface area contributed by atoms with Crippen molar-refractivity contribution in [3.8, 4) is 11.5 Å². The van der Waals surface area contributed by atoms with E-state index < -0.39 is 12.1 Å². The Kier molecular flexibility index (Phi) is 8.01. The Morgan fingerprint density at radius 2 is 1.18 bits per heavy atom. The highest BCUT2D eigenvalue weighted by molar-refractivity contribution is 5.97. The molecule has 0 bridgehead atoms. The third-order valence-corrected chi connectivity index (χ3v) is 6.17. The van der Waals surface area contributed by atoms with Crippen LogP contribution in [0.1, 0.15) is 45.2 Å². The second-order valence-electron chi connectivity index (χ2n) is 9.46. The summed E-state index contributed by atoms with van der Waals surface area (Å²) in [4.78, 5) is 31.2. The molecule has 1 aliphatic rings. The fourth-order valence-electron chi connectivity index (χ4n) is 4.46. The summed E-state index contributed by atoms with van der Waals surface area (Å²) in [6.45, 7) is 9.00. The van der Waals surface area contributed by atoms with Crippen LogP contribution in [0, 0.1) is 11.8 Å². The van der Waals surface area contributed by atoms with Gasteiger partial charge in [-0.25, -0.2) is 0 Å². The Hall–Kier alpha value is -3.02. The molecule has 0 aliphatic carbocycles. The van der Waals surface area contributed by atoms with Crippen LogP contribution < -0.4 is 9.47 Å². The fourth-order valence-corrected chi connectivity index (χ4v) is 4.46. The van der Waals surface area contributed by atoms with E-state index in [-0.39, 0.29) is 23.7 Å². The van der Waals surface area contributed by atoms with E-state index in [1.807, 2.05) is 62.4 Å². The smallest absolute Gasteiger partial charge is 0.246 e. The summed E-state index contributed by atoms with van der Waals surface area (Å²) < 4.78 is 10.5. The van der Waals surface area contributed by atoms with Gasteiger partial charge in [0.1, 0.15) is 23.6 Å². The number of hydrogen-bond donors (Lipinski definition) is 0. The third kappa shape index (κ3) is 5.67. The molecule has 2 amide bonds. The van der Waals surface area contributed by atoms with Crippen molar-refractivity contribution in [2.45, 2.75) is 59.3 Å². The minimum absolute atomic E-state index is 0.00179. The maximum absolute atomic E-state index is 13.8. The number of carbonyl (C=O) groups excluding carboxylic acids is 2. The van der Waals surface area contributed by atoms with E-state index in [2.05, 4.69) is 13.8 Å². The van der Waals surface area contributed by atoms with Crippen molar-refractivity contribution in [3.05, 3.63) is 59.7 Å². The molecule has 33 heavy (non-hydrogen) atoms. The summed E-state index contributed by atoms with van der Waals surface area (Å²) >= 11 is 0. The van der Waals surface area contributed by atoms with Gasteiger partial charge in [0.2, 0.25) is 11.8 Å². The van der Waals surface area contributed by atoms with E-state index in [0.29, 0.717) is 19.5 Å². The molecule has 6 nitrogen and oxygen atoms in total. The average Bonchev–Trinajstić information content (AvgIpc) is 2.80. The number of piperazine rings is 1. The molecule has 1 aliphatic heterocycles. The number of rotatable bonds is 9. The van der Waals surface area contributed by atoms with E-state index >= 15 is 0 Å². The molecule has 6 heteroatoms. The van der Waals surface area contributed by atoms with Gasteiger partial charge in [-0.2, -0.15) is 0 Å².